The molecule has 0 spiro atoms. The van der Waals surface area contributed by atoms with Gasteiger partial charge in [0, 0.05) is 13.7 Å². The van der Waals surface area contributed by atoms with E-state index in [0.717, 1.165) is 5.56 Å². The number of hydrogen-bond donors (Lipinski definition) is 2. The summed E-state index contributed by atoms with van der Waals surface area (Å²) in [6.07, 6.45) is 0. The lowest BCUT2D eigenvalue weighted by Gasteiger charge is -2.39. The molecule has 21 heavy (non-hydrogen) atoms. The molecule has 2 atom stereocenters. The van der Waals surface area contributed by atoms with E-state index in [1.165, 1.54) is 7.11 Å². The van der Waals surface area contributed by atoms with Crippen molar-refractivity contribution >= 4 is 23.5 Å². The lowest BCUT2D eigenvalue weighted by atomic mass is 9.97. The second kappa shape index (κ2) is 6.03. The normalized spacial score (nSPS) is 23.6. The maximum atomic E-state index is 12.4. The fourth-order valence-corrected chi connectivity index (χ4v) is 2.86. The second-order valence-electron chi connectivity index (χ2n) is 5.42. The quantitative estimate of drug-likeness (QED) is 0.819. The molecule has 1 unspecified atom stereocenters. The van der Waals surface area contributed by atoms with Crippen molar-refractivity contribution in [2.45, 2.75) is 31.5 Å². The van der Waals surface area contributed by atoms with E-state index in [-0.39, 0.29) is 17.8 Å². The molecule has 0 saturated carbocycles. The Kier molecular flexibility index (Phi) is 4.54. The van der Waals surface area contributed by atoms with Crippen molar-refractivity contribution in [2.24, 2.45) is 5.92 Å². The first kappa shape index (κ1) is 15.8. The van der Waals surface area contributed by atoms with E-state index < -0.39 is 11.1 Å². The van der Waals surface area contributed by atoms with Crippen LogP contribution in [-0.4, -0.2) is 35.0 Å². The van der Waals surface area contributed by atoms with E-state index in [1.54, 1.807) is 4.90 Å². The van der Waals surface area contributed by atoms with E-state index in [9.17, 15) is 4.79 Å². The van der Waals surface area contributed by atoms with Crippen LogP contribution < -0.4 is 5.32 Å². The van der Waals surface area contributed by atoms with Gasteiger partial charge in [0.25, 0.3) is 5.91 Å². The Morgan fingerprint density at radius 3 is 2.52 bits per heavy atom. The molecule has 2 N–H and O–H groups in total. The van der Waals surface area contributed by atoms with Crippen LogP contribution in [0.4, 0.5) is 0 Å². The summed E-state index contributed by atoms with van der Waals surface area (Å²) in [5.41, 5.74) is -0.379. The summed E-state index contributed by atoms with van der Waals surface area (Å²) >= 11 is 6.48. The van der Waals surface area contributed by atoms with Crippen LogP contribution in [0.5, 0.6) is 0 Å². The number of ether oxygens (including phenoxy) is 1. The first-order valence-electron chi connectivity index (χ1n) is 6.84. The Hall–Kier alpha value is -1.59. The third kappa shape index (κ3) is 2.63. The Morgan fingerprint density at radius 2 is 2.00 bits per heavy atom. The molecule has 0 aliphatic carbocycles. The van der Waals surface area contributed by atoms with Crippen LogP contribution in [0.15, 0.2) is 30.3 Å². The molecule has 5 nitrogen and oxygen atoms in total. The van der Waals surface area contributed by atoms with E-state index in [4.69, 9.17) is 21.7 Å². The van der Waals surface area contributed by atoms with Gasteiger partial charge in [-0.2, -0.15) is 0 Å². The van der Waals surface area contributed by atoms with Crippen LogP contribution in [-0.2, 0) is 16.1 Å². The fourth-order valence-electron chi connectivity index (χ4n) is 2.56. The monoisotopic (exact) mass is 309 g/mol. The minimum atomic E-state index is -1.36. The average Bonchev–Trinajstić information content (AvgIpc) is 2.71. The number of carbonyl (C=O) groups is 1. The molecule has 6 heteroatoms. The van der Waals surface area contributed by atoms with Gasteiger partial charge in [0.15, 0.2) is 0 Å². The van der Waals surface area contributed by atoms with Crippen molar-refractivity contribution in [3.05, 3.63) is 35.9 Å². The summed E-state index contributed by atoms with van der Waals surface area (Å²) in [5, 5.41) is 9.98. The molecule has 1 amide bonds. The number of amides is 1. The van der Waals surface area contributed by atoms with E-state index in [1.807, 2.05) is 44.2 Å². The van der Waals surface area contributed by atoms with Gasteiger partial charge in [0.05, 0.1) is 5.38 Å². The molecule has 0 aromatic heterocycles. The minimum absolute atomic E-state index is 0.0111. The zero-order valence-electron chi connectivity index (χ0n) is 12.4. The molecular weight excluding hydrogens is 290 g/mol. The van der Waals surface area contributed by atoms with Gasteiger partial charge in [-0.15, -0.1) is 11.6 Å². The molecule has 114 valence electrons. The van der Waals surface area contributed by atoms with E-state index in [0.29, 0.717) is 6.54 Å². The molecule has 1 aliphatic rings. The minimum Gasteiger partial charge on any atom is -0.349 e. The van der Waals surface area contributed by atoms with Gasteiger partial charge in [0.1, 0.15) is 0 Å². The number of nitrogens with zero attached hydrogens (tertiary/aromatic N) is 1. The predicted molar refractivity (Wildman–Crippen MR) is 82.1 cm³/mol. The predicted octanol–water partition coefficient (Wildman–Crippen LogP) is 2.16. The number of rotatable bonds is 5. The van der Waals surface area contributed by atoms with Gasteiger partial charge in [-0.3, -0.25) is 15.5 Å². The summed E-state index contributed by atoms with van der Waals surface area (Å²) in [6.45, 7) is 4.23. The van der Waals surface area contributed by atoms with Gasteiger partial charge < -0.3 is 9.64 Å². The maximum absolute atomic E-state index is 12.4. The molecule has 1 saturated heterocycles. The van der Waals surface area contributed by atoms with Crippen LogP contribution in [0.2, 0.25) is 0 Å². The number of carbonyl (C=O) groups excluding carboxylic acids is 1. The van der Waals surface area contributed by atoms with E-state index >= 15 is 0 Å². The summed E-state index contributed by atoms with van der Waals surface area (Å²) in [7, 11) is 1.45. The van der Waals surface area contributed by atoms with Gasteiger partial charge >= 0.3 is 0 Å². The van der Waals surface area contributed by atoms with Crippen molar-refractivity contribution < 1.29 is 9.53 Å². The SMILES string of the molecule is CO[C@@]1(C(Cl)C(C)C)C(=O)NC(=N)N1Cc1ccccc1. The molecule has 1 fully saturated rings. The Morgan fingerprint density at radius 1 is 1.38 bits per heavy atom. The standard InChI is InChI=1S/C15H20ClN3O2/c1-10(2)12(16)15(21-3)13(20)18-14(17)19(15)9-11-7-5-4-6-8-11/h4-8,10,12H,9H2,1-3H3,(H2,17,18,20)/t12?,15-/m0/s1. The fraction of sp³-hybridized carbons (Fsp3) is 0.467. The zero-order valence-corrected chi connectivity index (χ0v) is 13.1. The zero-order chi connectivity index (χ0) is 15.6. The lowest BCUT2D eigenvalue weighted by molar-refractivity contribution is -0.157. The van der Waals surface area contributed by atoms with Crippen LogP contribution >= 0.6 is 11.6 Å². The molecular formula is C15H20ClN3O2. The number of alkyl halides is 1. The number of benzene rings is 1. The highest BCUT2D eigenvalue weighted by atomic mass is 35.5. The van der Waals surface area contributed by atoms with E-state index in [2.05, 4.69) is 5.32 Å². The lowest BCUT2D eigenvalue weighted by Crippen LogP contribution is -2.59. The first-order valence-corrected chi connectivity index (χ1v) is 7.28. The molecule has 1 aliphatic heterocycles. The van der Waals surface area contributed by atoms with Crippen molar-refractivity contribution in [1.29, 1.82) is 5.41 Å². The molecule has 1 heterocycles. The number of guanidine groups is 1. The van der Waals surface area contributed by atoms with Gasteiger partial charge in [-0.1, -0.05) is 44.2 Å². The van der Waals surface area contributed by atoms with Crippen molar-refractivity contribution in [2.75, 3.05) is 7.11 Å². The molecule has 0 bridgehead atoms. The maximum Gasteiger partial charge on any atom is 0.281 e. The van der Waals surface area contributed by atoms with Crippen molar-refractivity contribution in [3.63, 3.8) is 0 Å². The summed E-state index contributed by atoms with van der Waals surface area (Å²) in [4.78, 5) is 14.0. The summed E-state index contributed by atoms with van der Waals surface area (Å²) in [6, 6.07) is 9.63. The third-order valence-corrected chi connectivity index (χ3v) is 4.48. The number of methoxy groups -OCH3 is 1. The van der Waals surface area contributed by atoms with Gasteiger partial charge in [0.2, 0.25) is 11.7 Å². The third-order valence-electron chi connectivity index (χ3n) is 3.68. The smallest absolute Gasteiger partial charge is 0.281 e. The highest BCUT2D eigenvalue weighted by Gasteiger charge is 2.57. The molecule has 1 aromatic carbocycles. The number of hydrogen-bond acceptors (Lipinski definition) is 3. The van der Waals surface area contributed by atoms with Crippen molar-refractivity contribution in [1.82, 2.24) is 10.2 Å². The highest BCUT2D eigenvalue weighted by molar-refractivity contribution is 6.25. The average molecular weight is 310 g/mol. The Balaban J connectivity index is 2.39. The number of halogens is 1. The summed E-state index contributed by atoms with van der Waals surface area (Å²) < 4.78 is 5.53. The molecule has 0 radical (unpaired) electrons. The molecule has 2 rings (SSSR count). The Labute approximate surface area is 129 Å². The van der Waals surface area contributed by atoms with Crippen LogP contribution in [0.1, 0.15) is 19.4 Å². The summed E-state index contributed by atoms with van der Waals surface area (Å²) in [5.74, 6) is -0.363. The number of nitrogens with one attached hydrogen (secondary N) is 2. The topological polar surface area (TPSA) is 65.4 Å². The van der Waals surface area contributed by atoms with Crippen LogP contribution in [0.25, 0.3) is 0 Å². The largest absolute Gasteiger partial charge is 0.349 e. The van der Waals surface area contributed by atoms with Gasteiger partial charge in [-0.05, 0) is 11.5 Å². The van der Waals surface area contributed by atoms with Gasteiger partial charge in [-0.25, -0.2) is 0 Å². The van der Waals surface area contributed by atoms with Crippen molar-refractivity contribution in [3.8, 4) is 0 Å². The second-order valence-corrected chi connectivity index (χ2v) is 5.89. The van der Waals surface area contributed by atoms with Crippen LogP contribution in [0, 0.1) is 11.3 Å². The van der Waals surface area contributed by atoms with Crippen LogP contribution in [0.3, 0.4) is 0 Å². The first-order chi connectivity index (χ1) is 9.93. The highest BCUT2D eigenvalue weighted by Crippen LogP contribution is 2.35. The molecule has 1 aromatic rings. The Bertz CT molecular complexity index is 535.